The van der Waals surface area contributed by atoms with Crippen molar-refractivity contribution >= 4 is 7.85 Å². The zero-order valence-electron chi connectivity index (χ0n) is 13.1. The molecule has 1 heterocycles. The summed E-state index contributed by atoms with van der Waals surface area (Å²) < 4.78 is 6.10. The Balaban J connectivity index is 1.52. The summed E-state index contributed by atoms with van der Waals surface area (Å²) >= 11 is 0. The van der Waals surface area contributed by atoms with Gasteiger partial charge in [0.2, 0.25) is 0 Å². The van der Waals surface area contributed by atoms with Crippen molar-refractivity contribution in [2.45, 2.75) is 50.6 Å². The van der Waals surface area contributed by atoms with E-state index in [9.17, 15) is 0 Å². The first kappa shape index (κ1) is 14.9. The number of hydrogen-bond donors (Lipinski definition) is 1. The van der Waals surface area contributed by atoms with Gasteiger partial charge >= 0.3 is 0 Å². The maximum Gasteiger partial charge on any atom is 0.124 e. The smallest absolute Gasteiger partial charge is 0.124 e. The lowest BCUT2D eigenvalue weighted by atomic mass is 9.87. The minimum absolute atomic E-state index is 0.112. The van der Waals surface area contributed by atoms with Crippen LogP contribution in [0, 0.1) is 6.92 Å². The number of ether oxygens (including phenoxy) is 1. The molecule has 1 aliphatic carbocycles. The van der Waals surface area contributed by atoms with Crippen LogP contribution >= 0.6 is 0 Å². The summed E-state index contributed by atoms with van der Waals surface area (Å²) in [6.45, 7) is 7.29. The van der Waals surface area contributed by atoms with Crippen LogP contribution in [-0.4, -0.2) is 44.0 Å². The van der Waals surface area contributed by atoms with Gasteiger partial charge in [0, 0.05) is 25.2 Å². The first-order chi connectivity index (χ1) is 9.99. The van der Waals surface area contributed by atoms with Gasteiger partial charge in [-0.25, -0.2) is 0 Å². The van der Waals surface area contributed by atoms with Crippen LogP contribution in [0.25, 0.3) is 0 Å². The minimum atomic E-state index is 0.112. The van der Waals surface area contributed by atoms with Crippen LogP contribution in [-0.2, 0) is 0 Å². The Morgan fingerprint density at radius 3 is 2.71 bits per heavy atom. The number of nitrogens with zero attached hydrogens (tertiary/aromatic N) is 1. The maximum atomic E-state index is 6.14. The van der Waals surface area contributed by atoms with E-state index in [2.05, 4.69) is 36.9 Å². The van der Waals surface area contributed by atoms with Crippen molar-refractivity contribution in [3.63, 3.8) is 0 Å². The SMILES string of the molecule is [B]C[C@H](C)c1ccc(OC2CN(CC3(N)CC3)C2)c(C)c1. The molecular weight excluding hydrogens is 259 g/mol. The first-order valence-corrected chi connectivity index (χ1v) is 7.97. The molecule has 4 heteroatoms. The van der Waals surface area contributed by atoms with Gasteiger partial charge in [-0.1, -0.05) is 25.4 Å². The molecule has 3 rings (SSSR count). The van der Waals surface area contributed by atoms with E-state index in [1.165, 1.54) is 24.0 Å². The van der Waals surface area contributed by atoms with E-state index in [1.807, 2.05) is 0 Å². The molecule has 1 atom stereocenters. The van der Waals surface area contributed by atoms with Crippen LogP contribution in [0.4, 0.5) is 0 Å². The van der Waals surface area contributed by atoms with Gasteiger partial charge in [-0.3, -0.25) is 4.90 Å². The molecule has 1 saturated heterocycles. The average molecular weight is 284 g/mol. The van der Waals surface area contributed by atoms with Crippen LogP contribution in [0.1, 0.15) is 36.8 Å². The fraction of sp³-hybridized carbons (Fsp3) is 0.647. The summed E-state index contributed by atoms with van der Waals surface area (Å²) in [6.07, 6.45) is 3.34. The lowest BCUT2D eigenvalue weighted by molar-refractivity contribution is 0.0143. The van der Waals surface area contributed by atoms with E-state index in [0.29, 0.717) is 18.3 Å². The molecule has 0 spiro atoms. The molecule has 1 aromatic carbocycles. The highest BCUT2D eigenvalue weighted by molar-refractivity contribution is 6.09. The van der Waals surface area contributed by atoms with Gasteiger partial charge in [0.25, 0.3) is 0 Å². The molecule has 1 aromatic rings. The summed E-state index contributed by atoms with van der Waals surface area (Å²) in [6, 6.07) is 6.42. The molecule has 2 fully saturated rings. The van der Waals surface area contributed by atoms with Crippen molar-refractivity contribution in [3.05, 3.63) is 29.3 Å². The quantitative estimate of drug-likeness (QED) is 0.814. The molecule has 1 aliphatic heterocycles. The predicted octanol–water partition coefficient (Wildman–Crippen LogP) is 2.24. The van der Waals surface area contributed by atoms with Gasteiger partial charge in [0.15, 0.2) is 0 Å². The molecule has 0 aromatic heterocycles. The Kier molecular flexibility index (Phi) is 4.02. The van der Waals surface area contributed by atoms with Crippen molar-refractivity contribution in [1.82, 2.24) is 4.90 Å². The molecule has 0 bridgehead atoms. The molecule has 2 aliphatic rings. The van der Waals surface area contributed by atoms with Crippen molar-refractivity contribution in [2.75, 3.05) is 19.6 Å². The molecule has 2 N–H and O–H groups in total. The topological polar surface area (TPSA) is 38.5 Å². The summed E-state index contributed by atoms with van der Waals surface area (Å²) in [4.78, 5) is 2.40. The monoisotopic (exact) mass is 284 g/mol. The number of nitrogens with two attached hydrogens (primary N) is 1. The zero-order valence-corrected chi connectivity index (χ0v) is 13.1. The number of rotatable bonds is 6. The summed E-state index contributed by atoms with van der Waals surface area (Å²) in [7, 11) is 5.73. The van der Waals surface area contributed by atoms with E-state index in [1.54, 1.807) is 0 Å². The second kappa shape index (κ2) is 5.66. The van der Waals surface area contributed by atoms with Crippen LogP contribution in [0.5, 0.6) is 5.75 Å². The number of benzene rings is 1. The highest BCUT2D eigenvalue weighted by Crippen LogP contribution is 2.34. The minimum Gasteiger partial charge on any atom is -0.487 e. The summed E-state index contributed by atoms with van der Waals surface area (Å²) in [5.74, 6) is 1.40. The largest absolute Gasteiger partial charge is 0.487 e. The summed E-state index contributed by atoms with van der Waals surface area (Å²) in [5.41, 5.74) is 8.74. The molecule has 3 nitrogen and oxygen atoms in total. The zero-order chi connectivity index (χ0) is 15.0. The van der Waals surface area contributed by atoms with Gasteiger partial charge < -0.3 is 10.5 Å². The van der Waals surface area contributed by atoms with Crippen LogP contribution < -0.4 is 10.5 Å². The highest BCUT2D eigenvalue weighted by atomic mass is 16.5. The fourth-order valence-electron chi connectivity index (χ4n) is 2.92. The summed E-state index contributed by atoms with van der Waals surface area (Å²) in [5, 5.41) is 0. The van der Waals surface area contributed by atoms with Crippen LogP contribution in [0.2, 0.25) is 6.32 Å². The van der Waals surface area contributed by atoms with Gasteiger partial charge in [0.05, 0.1) is 7.85 Å². The third-order valence-electron chi connectivity index (χ3n) is 4.77. The Morgan fingerprint density at radius 2 is 2.14 bits per heavy atom. The third-order valence-corrected chi connectivity index (χ3v) is 4.77. The standard InChI is InChI=1S/C17H25BN2O/c1-12-7-14(13(2)8-18)3-4-16(12)21-15-9-20(10-15)11-17(19)5-6-17/h3-4,7,13,15H,5-6,8-11,19H2,1-2H3/t13-/m0/s1. The number of aryl methyl sites for hydroxylation is 1. The third kappa shape index (κ3) is 3.43. The van der Waals surface area contributed by atoms with E-state index in [4.69, 9.17) is 18.3 Å². The molecular formula is C17H25BN2O. The Hall–Kier alpha value is -0.995. The van der Waals surface area contributed by atoms with E-state index in [0.717, 1.165) is 25.4 Å². The van der Waals surface area contributed by atoms with Crippen molar-refractivity contribution < 1.29 is 4.74 Å². The van der Waals surface area contributed by atoms with E-state index in [-0.39, 0.29) is 5.54 Å². The Labute approximate surface area is 129 Å². The number of likely N-dealkylation sites (tertiary alicyclic amines) is 1. The van der Waals surface area contributed by atoms with Crippen molar-refractivity contribution in [2.24, 2.45) is 5.73 Å². The molecule has 0 amide bonds. The van der Waals surface area contributed by atoms with Gasteiger partial charge in [0.1, 0.15) is 11.9 Å². The Bertz CT molecular complexity index is 510. The second-order valence-electron chi connectivity index (χ2n) is 6.96. The first-order valence-electron chi connectivity index (χ1n) is 7.97. The molecule has 112 valence electrons. The molecule has 1 saturated carbocycles. The normalized spacial score (nSPS) is 22.6. The fourth-order valence-corrected chi connectivity index (χ4v) is 2.92. The van der Waals surface area contributed by atoms with E-state index >= 15 is 0 Å². The second-order valence-corrected chi connectivity index (χ2v) is 6.96. The average Bonchev–Trinajstić information content (AvgIpc) is 3.15. The lowest BCUT2D eigenvalue weighted by Crippen LogP contribution is -2.57. The molecule has 2 radical (unpaired) electrons. The van der Waals surface area contributed by atoms with Crippen LogP contribution in [0.3, 0.4) is 0 Å². The van der Waals surface area contributed by atoms with Crippen molar-refractivity contribution in [3.8, 4) is 5.75 Å². The van der Waals surface area contributed by atoms with Crippen LogP contribution in [0.15, 0.2) is 18.2 Å². The van der Waals surface area contributed by atoms with Crippen molar-refractivity contribution in [1.29, 1.82) is 0 Å². The highest BCUT2D eigenvalue weighted by Gasteiger charge is 2.42. The van der Waals surface area contributed by atoms with Gasteiger partial charge in [-0.15, -0.1) is 0 Å². The molecule has 0 unspecified atom stereocenters. The van der Waals surface area contributed by atoms with Gasteiger partial charge in [-0.05, 0) is 42.9 Å². The Morgan fingerprint density at radius 1 is 1.43 bits per heavy atom. The van der Waals surface area contributed by atoms with Gasteiger partial charge in [-0.2, -0.15) is 0 Å². The predicted molar refractivity (Wildman–Crippen MR) is 87.2 cm³/mol. The van der Waals surface area contributed by atoms with E-state index < -0.39 is 0 Å². The number of hydrogen-bond acceptors (Lipinski definition) is 3. The maximum absolute atomic E-state index is 6.14. The lowest BCUT2D eigenvalue weighted by Gasteiger charge is -2.40. The molecule has 21 heavy (non-hydrogen) atoms.